The largest absolute Gasteiger partial charge is 0.490 e. The van der Waals surface area contributed by atoms with E-state index in [1.54, 1.807) is 18.3 Å². The Morgan fingerprint density at radius 1 is 1.03 bits per heavy atom. The van der Waals surface area contributed by atoms with E-state index in [0.717, 1.165) is 25.8 Å². The van der Waals surface area contributed by atoms with Gasteiger partial charge >= 0.3 is 0 Å². The molecule has 0 saturated carbocycles. The second-order valence-electron chi connectivity index (χ2n) is 8.40. The molecule has 4 aromatic rings. The number of carbonyl (C=O) groups is 1. The summed E-state index contributed by atoms with van der Waals surface area (Å²) in [6.45, 7) is 3.09. The quantitative estimate of drug-likeness (QED) is 0.134. The van der Waals surface area contributed by atoms with E-state index < -0.39 is 0 Å². The van der Waals surface area contributed by atoms with E-state index in [1.807, 2.05) is 43.3 Å². The number of hydrogen-bond acceptors (Lipinski definition) is 7. The van der Waals surface area contributed by atoms with Gasteiger partial charge in [0.2, 0.25) is 6.79 Å². The molecule has 194 valence electrons. The summed E-state index contributed by atoms with van der Waals surface area (Å²) >= 11 is 2.23. The van der Waals surface area contributed by atoms with Crippen LogP contribution in [0.4, 0.5) is 5.69 Å². The molecule has 1 aliphatic rings. The highest BCUT2D eigenvalue weighted by molar-refractivity contribution is 14.1. The van der Waals surface area contributed by atoms with Crippen LogP contribution in [0.15, 0.2) is 77.9 Å². The van der Waals surface area contributed by atoms with E-state index in [0.29, 0.717) is 36.2 Å². The Balaban J connectivity index is 1.21. The minimum absolute atomic E-state index is 0.0552. The number of hydrazone groups is 1. The molecule has 0 aromatic heterocycles. The summed E-state index contributed by atoms with van der Waals surface area (Å²) < 4.78 is 23.6. The molecule has 0 fully saturated rings. The van der Waals surface area contributed by atoms with E-state index >= 15 is 0 Å². The summed E-state index contributed by atoms with van der Waals surface area (Å²) in [5, 5.41) is 9.48. The topological polar surface area (TPSA) is 90.4 Å². The molecule has 0 atom stereocenters. The van der Waals surface area contributed by atoms with Crippen LogP contribution in [-0.4, -0.2) is 32.1 Å². The Morgan fingerprint density at radius 3 is 2.76 bits per heavy atom. The molecule has 5 rings (SSSR count). The van der Waals surface area contributed by atoms with Crippen molar-refractivity contribution < 1.29 is 23.7 Å². The Kier molecular flexibility index (Phi) is 8.12. The highest BCUT2D eigenvalue weighted by Gasteiger charge is 2.14. The number of rotatable bonds is 10. The molecule has 2 N–H and O–H groups in total. The fourth-order valence-corrected chi connectivity index (χ4v) is 4.82. The van der Waals surface area contributed by atoms with Gasteiger partial charge in [0.05, 0.1) is 22.9 Å². The lowest BCUT2D eigenvalue weighted by Crippen LogP contribution is -2.25. The van der Waals surface area contributed by atoms with Gasteiger partial charge in [-0.1, -0.05) is 42.5 Å². The number of ether oxygens (including phenoxy) is 4. The maximum Gasteiger partial charge on any atom is 0.259 e. The molecule has 1 aliphatic heterocycles. The molecule has 38 heavy (non-hydrogen) atoms. The van der Waals surface area contributed by atoms with Crippen LogP contribution in [0.1, 0.15) is 18.1 Å². The predicted molar refractivity (Wildman–Crippen MR) is 155 cm³/mol. The summed E-state index contributed by atoms with van der Waals surface area (Å²) in [6.07, 6.45) is 1.58. The summed E-state index contributed by atoms with van der Waals surface area (Å²) in [4.78, 5) is 12.3. The van der Waals surface area contributed by atoms with Crippen molar-refractivity contribution in [2.45, 2.75) is 13.5 Å². The first kappa shape index (κ1) is 25.7. The van der Waals surface area contributed by atoms with Crippen LogP contribution in [0.5, 0.6) is 23.0 Å². The van der Waals surface area contributed by atoms with Crippen molar-refractivity contribution in [2.75, 3.05) is 25.3 Å². The molecule has 0 aliphatic carbocycles. The van der Waals surface area contributed by atoms with Crippen molar-refractivity contribution >= 4 is 51.2 Å². The van der Waals surface area contributed by atoms with E-state index in [2.05, 4.69) is 62.7 Å². The molecule has 8 nitrogen and oxygen atoms in total. The first-order chi connectivity index (χ1) is 18.6. The van der Waals surface area contributed by atoms with Gasteiger partial charge in [0.15, 0.2) is 23.0 Å². The molecule has 1 amide bonds. The highest BCUT2D eigenvalue weighted by Crippen LogP contribution is 2.35. The number of nitrogens with zero attached hydrogens (tertiary/aromatic N) is 1. The fourth-order valence-electron chi connectivity index (χ4n) is 4.04. The third-order valence-electron chi connectivity index (χ3n) is 5.81. The standard InChI is InChI=1S/C29H26IN3O5/c1-2-35-27-13-19(15-32-33-28(34)16-31-22-10-11-25-26(14-22)38-18-37-25)12-24(30)29(27)36-17-21-8-5-7-20-6-3-4-9-23(20)21/h3-15,31H,2,16-18H2,1H3,(H,33,34)/b32-15-. The lowest BCUT2D eigenvalue weighted by molar-refractivity contribution is -0.119. The summed E-state index contributed by atoms with van der Waals surface area (Å²) in [5.74, 6) is 2.35. The summed E-state index contributed by atoms with van der Waals surface area (Å²) in [7, 11) is 0. The van der Waals surface area contributed by atoms with Crippen LogP contribution in [0.25, 0.3) is 10.8 Å². The second kappa shape index (κ2) is 12.0. The van der Waals surface area contributed by atoms with Gasteiger partial charge in [-0.25, -0.2) is 5.43 Å². The van der Waals surface area contributed by atoms with Gasteiger partial charge in [-0.05, 0) is 75.7 Å². The Hall–Kier alpha value is -3.99. The highest BCUT2D eigenvalue weighted by atomic mass is 127. The molecule has 1 heterocycles. The molecule has 9 heteroatoms. The third kappa shape index (κ3) is 6.10. The van der Waals surface area contributed by atoms with Gasteiger partial charge in [0.1, 0.15) is 6.61 Å². The SMILES string of the molecule is CCOc1cc(/C=N\NC(=O)CNc2ccc3c(c2)OCO3)cc(I)c1OCc1cccc2ccccc12. The van der Waals surface area contributed by atoms with E-state index in [9.17, 15) is 4.79 Å². The van der Waals surface area contributed by atoms with Crippen LogP contribution in [0, 0.1) is 3.57 Å². The Labute approximate surface area is 234 Å². The zero-order chi connectivity index (χ0) is 26.3. The average Bonchev–Trinajstić information content (AvgIpc) is 3.40. The normalized spacial score (nSPS) is 12.1. The number of nitrogens with one attached hydrogen (secondary N) is 2. The first-order valence-electron chi connectivity index (χ1n) is 12.1. The van der Waals surface area contributed by atoms with Crippen LogP contribution in [0.3, 0.4) is 0 Å². The molecule has 0 bridgehead atoms. The number of halogens is 1. The van der Waals surface area contributed by atoms with Crippen LogP contribution >= 0.6 is 22.6 Å². The number of anilines is 1. The molecule has 4 aromatic carbocycles. The molecular formula is C29H26IN3O5. The molecule has 0 unspecified atom stereocenters. The number of carbonyl (C=O) groups excluding carboxylic acids is 1. The average molecular weight is 623 g/mol. The van der Waals surface area contributed by atoms with Gasteiger partial charge in [-0.2, -0.15) is 5.10 Å². The maximum atomic E-state index is 12.3. The second-order valence-corrected chi connectivity index (χ2v) is 9.57. The van der Waals surface area contributed by atoms with Gasteiger partial charge in [0.25, 0.3) is 5.91 Å². The summed E-state index contributed by atoms with van der Waals surface area (Å²) in [6, 6.07) is 23.6. The van der Waals surface area contributed by atoms with Crippen molar-refractivity contribution in [3.05, 3.63) is 87.5 Å². The minimum Gasteiger partial charge on any atom is -0.490 e. The number of fused-ring (bicyclic) bond motifs is 2. The zero-order valence-corrected chi connectivity index (χ0v) is 22.9. The van der Waals surface area contributed by atoms with Crippen LogP contribution in [-0.2, 0) is 11.4 Å². The molecule has 0 radical (unpaired) electrons. The molecule has 0 saturated heterocycles. The van der Waals surface area contributed by atoms with E-state index in [4.69, 9.17) is 18.9 Å². The van der Waals surface area contributed by atoms with Gasteiger partial charge in [-0.15, -0.1) is 0 Å². The fraction of sp³-hybridized carbons (Fsp3) is 0.172. The monoisotopic (exact) mass is 623 g/mol. The Bertz CT molecular complexity index is 1490. The van der Waals surface area contributed by atoms with Gasteiger partial charge in [0, 0.05) is 11.8 Å². The number of amides is 1. The lowest BCUT2D eigenvalue weighted by atomic mass is 10.1. The van der Waals surface area contributed by atoms with Gasteiger partial charge in [-0.3, -0.25) is 4.79 Å². The van der Waals surface area contributed by atoms with Crippen LogP contribution < -0.4 is 29.7 Å². The van der Waals surface area contributed by atoms with Crippen molar-refractivity contribution in [3.63, 3.8) is 0 Å². The van der Waals surface area contributed by atoms with Crippen LogP contribution in [0.2, 0.25) is 0 Å². The zero-order valence-electron chi connectivity index (χ0n) is 20.7. The summed E-state index contributed by atoms with van der Waals surface area (Å²) in [5.41, 5.74) is 5.17. The van der Waals surface area contributed by atoms with Crippen molar-refractivity contribution in [3.8, 4) is 23.0 Å². The minimum atomic E-state index is -0.284. The van der Waals surface area contributed by atoms with Crippen molar-refractivity contribution in [1.29, 1.82) is 0 Å². The third-order valence-corrected chi connectivity index (χ3v) is 6.61. The Morgan fingerprint density at radius 2 is 1.87 bits per heavy atom. The number of hydrogen-bond donors (Lipinski definition) is 2. The number of benzene rings is 4. The first-order valence-corrected chi connectivity index (χ1v) is 13.2. The predicted octanol–water partition coefficient (Wildman–Crippen LogP) is 5.71. The van der Waals surface area contributed by atoms with E-state index in [-0.39, 0.29) is 19.2 Å². The van der Waals surface area contributed by atoms with Crippen molar-refractivity contribution in [1.82, 2.24) is 5.43 Å². The smallest absolute Gasteiger partial charge is 0.259 e. The molecule has 0 spiro atoms. The van der Waals surface area contributed by atoms with Crippen molar-refractivity contribution in [2.24, 2.45) is 5.10 Å². The van der Waals surface area contributed by atoms with Gasteiger partial charge < -0.3 is 24.3 Å². The van der Waals surface area contributed by atoms with E-state index in [1.165, 1.54) is 5.39 Å². The molecular weight excluding hydrogens is 597 g/mol. The maximum absolute atomic E-state index is 12.3. The lowest BCUT2D eigenvalue weighted by Gasteiger charge is -2.15.